The van der Waals surface area contributed by atoms with Crippen molar-refractivity contribution in [2.75, 3.05) is 19.7 Å². The second-order valence-corrected chi connectivity index (χ2v) is 9.34. The summed E-state index contributed by atoms with van der Waals surface area (Å²) < 4.78 is 8.19. The lowest BCUT2D eigenvalue weighted by atomic mass is 9.98. The molecule has 0 unspecified atom stereocenters. The predicted octanol–water partition coefficient (Wildman–Crippen LogP) is 5.12. The fraction of sp³-hybridized carbons (Fsp3) is 0.310. The number of aliphatic hydroxyl groups is 1. The monoisotopic (exact) mass is 468 g/mol. The number of aromatic nitrogens is 3. The smallest absolute Gasteiger partial charge is 0.119 e. The number of ether oxygens (including phenoxy) is 1. The van der Waals surface area contributed by atoms with Crippen LogP contribution in [0.15, 0.2) is 73.1 Å². The first-order chi connectivity index (χ1) is 17.1. The van der Waals surface area contributed by atoms with Crippen molar-refractivity contribution in [2.45, 2.75) is 39.5 Å². The summed E-state index contributed by atoms with van der Waals surface area (Å²) in [7, 11) is 0. The average molecular weight is 469 g/mol. The molecule has 1 aliphatic rings. The van der Waals surface area contributed by atoms with Crippen molar-refractivity contribution in [3.63, 3.8) is 0 Å². The van der Waals surface area contributed by atoms with Crippen LogP contribution in [-0.2, 0) is 19.7 Å². The topological polar surface area (TPSA) is 63.4 Å². The summed E-state index contributed by atoms with van der Waals surface area (Å²) in [5, 5.41) is 14.4. The Hall–Kier alpha value is -3.48. The van der Waals surface area contributed by atoms with Crippen LogP contribution in [0.1, 0.15) is 36.6 Å². The zero-order valence-electron chi connectivity index (χ0n) is 20.4. The molecule has 5 rings (SSSR count). The Balaban J connectivity index is 1.40. The summed E-state index contributed by atoms with van der Waals surface area (Å²) in [6.07, 6.45) is 3.61. The molecule has 6 nitrogen and oxygen atoms in total. The van der Waals surface area contributed by atoms with Crippen molar-refractivity contribution >= 4 is 0 Å². The lowest BCUT2D eigenvalue weighted by Crippen LogP contribution is -2.35. The molecule has 2 aromatic carbocycles. The van der Waals surface area contributed by atoms with Crippen LogP contribution in [0.4, 0.5) is 0 Å². The van der Waals surface area contributed by atoms with Crippen molar-refractivity contribution in [2.24, 2.45) is 0 Å². The molecule has 1 N–H and O–H groups in total. The number of aliphatic hydroxyl groups excluding tert-OH is 1. The number of fused-ring (bicyclic) bond motifs is 1. The van der Waals surface area contributed by atoms with E-state index in [1.165, 1.54) is 11.3 Å². The first kappa shape index (κ1) is 23.3. The number of nitrogens with zero attached hydrogens (tertiary/aromatic N) is 4. The number of hydrogen-bond donors (Lipinski definition) is 1. The molecule has 0 radical (unpaired) electrons. The predicted molar refractivity (Wildman–Crippen MR) is 138 cm³/mol. The van der Waals surface area contributed by atoms with E-state index in [2.05, 4.69) is 64.8 Å². The lowest BCUT2D eigenvalue weighted by molar-refractivity contribution is 0.164. The first-order valence-corrected chi connectivity index (χ1v) is 12.3. The van der Waals surface area contributed by atoms with Gasteiger partial charge in [-0.25, -0.2) is 0 Å². The highest BCUT2D eigenvalue weighted by Crippen LogP contribution is 2.37. The highest BCUT2D eigenvalue weighted by atomic mass is 16.5. The van der Waals surface area contributed by atoms with Gasteiger partial charge >= 0.3 is 0 Å². The van der Waals surface area contributed by atoms with Gasteiger partial charge in [-0.2, -0.15) is 5.10 Å². The van der Waals surface area contributed by atoms with Crippen LogP contribution in [0.2, 0.25) is 0 Å². The van der Waals surface area contributed by atoms with Gasteiger partial charge in [0.1, 0.15) is 18.1 Å². The van der Waals surface area contributed by atoms with E-state index >= 15 is 0 Å². The van der Waals surface area contributed by atoms with Crippen molar-refractivity contribution in [1.82, 2.24) is 19.7 Å². The van der Waals surface area contributed by atoms with E-state index in [0.29, 0.717) is 19.1 Å². The van der Waals surface area contributed by atoms with E-state index < -0.39 is 0 Å². The molecule has 180 valence electrons. The van der Waals surface area contributed by atoms with E-state index in [9.17, 15) is 5.11 Å². The molecule has 0 saturated carbocycles. The van der Waals surface area contributed by atoms with Gasteiger partial charge in [-0.3, -0.25) is 14.6 Å². The van der Waals surface area contributed by atoms with E-state index in [1.807, 2.05) is 24.3 Å². The van der Waals surface area contributed by atoms with Gasteiger partial charge in [0.2, 0.25) is 0 Å². The molecular formula is C29H32N4O2. The Morgan fingerprint density at radius 1 is 0.914 bits per heavy atom. The van der Waals surface area contributed by atoms with Gasteiger partial charge in [0, 0.05) is 43.2 Å². The van der Waals surface area contributed by atoms with Crippen LogP contribution in [-0.4, -0.2) is 44.5 Å². The van der Waals surface area contributed by atoms with Crippen molar-refractivity contribution in [3.8, 4) is 28.1 Å². The Bertz CT molecular complexity index is 1250. The zero-order valence-corrected chi connectivity index (χ0v) is 20.4. The van der Waals surface area contributed by atoms with Crippen LogP contribution < -0.4 is 4.74 Å². The highest BCUT2D eigenvalue weighted by Gasteiger charge is 2.25. The summed E-state index contributed by atoms with van der Waals surface area (Å²) in [5.41, 5.74) is 7.93. The molecule has 3 heterocycles. The van der Waals surface area contributed by atoms with Gasteiger partial charge in [-0.15, -0.1) is 0 Å². The third-order valence-electron chi connectivity index (χ3n) is 6.62. The minimum absolute atomic E-state index is 0.160. The van der Waals surface area contributed by atoms with Gasteiger partial charge in [0.25, 0.3) is 0 Å². The highest BCUT2D eigenvalue weighted by molar-refractivity contribution is 5.83. The molecule has 1 aliphatic heterocycles. The normalized spacial score (nSPS) is 13.7. The second kappa shape index (κ2) is 10.4. The summed E-state index contributed by atoms with van der Waals surface area (Å²) >= 11 is 0. The molecule has 0 aliphatic carbocycles. The fourth-order valence-corrected chi connectivity index (χ4v) is 4.60. The maximum atomic E-state index is 9.45. The summed E-state index contributed by atoms with van der Waals surface area (Å²) in [4.78, 5) is 6.45. The van der Waals surface area contributed by atoms with Crippen molar-refractivity contribution < 1.29 is 9.84 Å². The Labute approximate surface area is 206 Å². The SMILES string of the molecule is CC(C)c1ccc(COc2ccc(-c3c(-c4ccncc4)nn4c3CN(CCO)CC4)cc2)cc1. The molecule has 6 heteroatoms. The van der Waals surface area contributed by atoms with E-state index in [1.54, 1.807) is 12.4 Å². The first-order valence-electron chi connectivity index (χ1n) is 12.3. The Kier molecular flexibility index (Phi) is 6.93. The number of β-amino-alcohol motifs (C(OH)–C–C–N with tert-alkyl or cyclic N) is 1. The molecule has 2 aromatic heterocycles. The summed E-state index contributed by atoms with van der Waals surface area (Å²) in [6.45, 7) is 8.23. The van der Waals surface area contributed by atoms with Crippen LogP contribution in [0, 0.1) is 0 Å². The third-order valence-corrected chi connectivity index (χ3v) is 6.62. The van der Waals surface area contributed by atoms with Crippen molar-refractivity contribution in [1.29, 1.82) is 0 Å². The maximum absolute atomic E-state index is 9.45. The Morgan fingerprint density at radius 2 is 1.66 bits per heavy atom. The van der Waals surface area contributed by atoms with E-state index in [4.69, 9.17) is 9.84 Å². The lowest BCUT2D eigenvalue weighted by Gasteiger charge is -2.27. The number of hydrogen-bond acceptors (Lipinski definition) is 5. The second-order valence-electron chi connectivity index (χ2n) is 9.34. The molecule has 0 spiro atoms. The molecule has 35 heavy (non-hydrogen) atoms. The van der Waals surface area contributed by atoms with Gasteiger partial charge in [0.15, 0.2) is 0 Å². The maximum Gasteiger partial charge on any atom is 0.119 e. The van der Waals surface area contributed by atoms with Gasteiger partial charge in [-0.05, 0) is 46.9 Å². The molecule has 0 atom stereocenters. The number of pyridine rings is 1. The van der Waals surface area contributed by atoms with Gasteiger partial charge in [-0.1, -0.05) is 50.2 Å². The van der Waals surface area contributed by atoms with Crippen LogP contribution in [0.3, 0.4) is 0 Å². The van der Waals surface area contributed by atoms with E-state index in [-0.39, 0.29) is 6.61 Å². The minimum atomic E-state index is 0.160. The minimum Gasteiger partial charge on any atom is -0.489 e. The third kappa shape index (κ3) is 5.14. The van der Waals surface area contributed by atoms with Gasteiger partial charge < -0.3 is 9.84 Å². The molecule has 0 bridgehead atoms. The van der Waals surface area contributed by atoms with E-state index in [0.717, 1.165) is 53.3 Å². The van der Waals surface area contributed by atoms with Crippen molar-refractivity contribution in [3.05, 3.63) is 89.9 Å². The molecular weight excluding hydrogens is 436 g/mol. The van der Waals surface area contributed by atoms with Crippen LogP contribution in [0.5, 0.6) is 5.75 Å². The van der Waals surface area contributed by atoms with Crippen LogP contribution >= 0.6 is 0 Å². The standard InChI is InChI=1S/C29H32N4O2/c1-21(2)23-5-3-22(4-6-23)20-35-26-9-7-24(8-10-26)28-27-19-32(17-18-34)15-16-33(27)31-29(28)25-11-13-30-14-12-25/h3-14,21,34H,15-20H2,1-2H3. The zero-order chi connectivity index (χ0) is 24.2. The number of benzene rings is 2. The summed E-state index contributed by atoms with van der Waals surface area (Å²) in [6, 6.07) is 20.9. The van der Waals surface area contributed by atoms with Crippen LogP contribution in [0.25, 0.3) is 22.4 Å². The number of rotatable bonds is 8. The molecule has 0 fully saturated rings. The largest absolute Gasteiger partial charge is 0.489 e. The quantitative estimate of drug-likeness (QED) is 0.389. The average Bonchev–Trinajstić information content (AvgIpc) is 3.27. The Morgan fingerprint density at radius 3 is 2.34 bits per heavy atom. The summed E-state index contributed by atoms with van der Waals surface area (Å²) in [5.74, 6) is 1.37. The molecule has 0 saturated heterocycles. The molecule has 0 amide bonds. The van der Waals surface area contributed by atoms with Gasteiger partial charge in [0.05, 0.1) is 18.8 Å². The molecule has 4 aromatic rings. The fourth-order valence-electron chi connectivity index (χ4n) is 4.60.